The first-order valence-electron chi connectivity index (χ1n) is 7.40. The zero-order valence-electron chi connectivity index (χ0n) is 13.5. The molecule has 3 rings (SSSR count). The van der Waals surface area contributed by atoms with Crippen LogP contribution in [0.2, 0.25) is 0 Å². The monoisotopic (exact) mass is 401 g/mol. The van der Waals surface area contributed by atoms with Crippen LogP contribution in [0, 0.1) is 0 Å². The Bertz CT molecular complexity index is 870. The van der Waals surface area contributed by atoms with Crippen LogP contribution in [0.5, 0.6) is 0 Å². The predicted molar refractivity (Wildman–Crippen MR) is 94.0 cm³/mol. The van der Waals surface area contributed by atoms with Crippen LogP contribution in [0.3, 0.4) is 0 Å². The third-order valence-electron chi connectivity index (χ3n) is 3.19. The zero-order valence-corrected chi connectivity index (χ0v) is 15.1. The van der Waals surface area contributed by atoms with Gasteiger partial charge in [-0.25, -0.2) is 9.97 Å². The minimum Gasteiger partial charge on any atom is -0.443 e. The molecule has 26 heavy (non-hydrogen) atoms. The Balaban J connectivity index is 1.51. The van der Waals surface area contributed by atoms with Gasteiger partial charge in [0.1, 0.15) is 11.3 Å². The molecule has 6 nitrogen and oxygen atoms in total. The van der Waals surface area contributed by atoms with Crippen molar-refractivity contribution in [2.45, 2.75) is 19.3 Å². The summed E-state index contributed by atoms with van der Waals surface area (Å²) < 4.78 is 43.1. The number of alkyl halides is 3. The molecule has 2 N–H and O–H groups in total. The van der Waals surface area contributed by atoms with E-state index in [1.54, 1.807) is 13.3 Å². The summed E-state index contributed by atoms with van der Waals surface area (Å²) in [6.45, 7) is 0.500. The van der Waals surface area contributed by atoms with Crippen LogP contribution in [0.1, 0.15) is 16.4 Å². The molecule has 0 radical (unpaired) electrons. The minimum atomic E-state index is -4.43. The summed E-state index contributed by atoms with van der Waals surface area (Å²) in [4.78, 5) is 12.9. The highest BCUT2D eigenvalue weighted by Crippen LogP contribution is 2.29. The first-order valence-corrected chi connectivity index (χ1v) is 9.16. The van der Waals surface area contributed by atoms with Gasteiger partial charge >= 0.3 is 6.18 Å². The quantitative estimate of drug-likeness (QED) is 0.503. The number of thiophene rings is 1. The van der Waals surface area contributed by atoms with Crippen molar-refractivity contribution in [1.29, 1.82) is 0 Å². The van der Waals surface area contributed by atoms with Crippen molar-refractivity contribution in [1.82, 2.24) is 20.6 Å². The molecule has 0 bridgehead atoms. The molecule has 0 saturated heterocycles. The van der Waals surface area contributed by atoms with Crippen LogP contribution in [0.15, 0.2) is 38.6 Å². The van der Waals surface area contributed by atoms with Crippen molar-refractivity contribution in [3.8, 4) is 10.8 Å². The number of aliphatic imine (C=N–C) groups is 1. The van der Waals surface area contributed by atoms with Crippen molar-refractivity contribution in [2.24, 2.45) is 4.99 Å². The molecule has 0 aliphatic heterocycles. The van der Waals surface area contributed by atoms with Crippen molar-refractivity contribution in [2.75, 3.05) is 7.05 Å². The van der Waals surface area contributed by atoms with Crippen LogP contribution >= 0.6 is 22.7 Å². The van der Waals surface area contributed by atoms with Gasteiger partial charge in [0, 0.05) is 12.4 Å². The molecular formula is C15H14F3N5OS2. The van der Waals surface area contributed by atoms with Gasteiger partial charge in [-0.05, 0) is 11.4 Å². The number of nitrogens with zero attached hydrogens (tertiary/aromatic N) is 3. The normalized spacial score (nSPS) is 12.4. The summed E-state index contributed by atoms with van der Waals surface area (Å²) in [6, 6.07) is 3.83. The molecule has 138 valence electrons. The van der Waals surface area contributed by atoms with Gasteiger partial charge in [-0.3, -0.25) is 4.99 Å². The lowest BCUT2D eigenvalue weighted by atomic mass is 10.4. The third kappa shape index (κ3) is 4.61. The lowest BCUT2D eigenvalue weighted by molar-refractivity contribution is -0.140. The fourth-order valence-electron chi connectivity index (χ4n) is 1.98. The molecule has 0 aliphatic rings. The number of guanidine groups is 1. The summed E-state index contributed by atoms with van der Waals surface area (Å²) in [5.41, 5.74) is -0.198. The molecule has 0 aromatic carbocycles. The number of thiazole rings is 1. The molecule has 0 fully saturated rings. The molecule has 0 spiro atoms. The Kier molecular flexibility index (Phi) is 5.57. The fraction of sp³-hybridized carbons (Fsp3) is 0.267. The first kappa shape index (κ1) is 18.4. The number of rotatable bonds is 5. The number of oxazole rings is 1. The summed E-state index contributed by atoms with van der Waals surface area (Å²) in [6.07, 6.45) is -2.88. The van der Waals surface area contributed by atoms with Gasteiger partial charge in [0.05, 0.1) is 23.7 Å². The molecule has 0 amide bonds. The Morgan fingerprint density at radius 3 is 2.69 bits per heavy atom. The molecule has 3 heterocycles. The van der Waals surface area contributed by atoms with E-state index >= 15 is 0 Å². The van der Waals surface area contributed by atoms with Gasteiger partial charge in [0.2, 0.25) is 5.89 Å². The second kappa shape index (κ2) is 7.87. The fourth-order valence-corrected chi connectivity index (χ4v) is 3.37. The second-order valence-electron chi connectivity index (χ2n) is 5.02. The van der Waals surface area contributed by atoms with Gasteiger partial charge in [-0.1, -0.05) is 6.07 Å². The van der Waals surface area contributed by atoms with E-state index in [1.807, 2.05) is 17.5 Å². The van der Waals surface area contributed by atoms with Crippen LogP contribution in [-0.2, 0) is 19.3 Å². The average molecular weight is 401 g/mol. The summed E-state index contributed by atoms with van der Waals surface area (Å²) in [5, 5.41) is 9.20. The Hall–Kier alpha value is -2.40. The summed E-state index contributed by atoms with van der Waals surface area (Å²) in [7, 11) is 1.57. The maximum absolute atomic E-state index is 12.6. The van der Waals surface area contributed by atoms with Gasteiger partial charge < -0.3 is 15.1 Å². The van der Waals surface area contributed by atoms with Gasteiger partial charge in [-0.15, -0.1) is 22.7 Å². The first-order chi connectivity index (χ1) is 12.5. The molecule has 0 saturated carbocycles. The van der Waals surface area contributed by atoms with Crippen molar-refractivity contribution in [3.63, 3.8) is 0 Å². The lowest BCUT2D eigenvalue weighted by Gasteiger charge is -2.09. The number of hydrogen-bond acceptors (Lipinski definition) is 6. The largest absolute Gasteiger partial charge is 0.443 e. The SMILES string of the molecule is CN=C(NCc1coc(-c2cccs2)n1)NCc1nc(C(F)(F)F)cs1. The van der Waals surface area contributed by atoms with E-state index < -0.39 is 11.9 Å². The van der Waals surface area contributed by atoms with Crippen LogP contribution in [0.25, 0.3) is 10.8 Å². The standard InChI is InChI=1S/C15H14F3N5OS2/c1-19-14(21-6-12-23-11(8-26-12)15(16,17)18)20-5-9-7-24-13(22-9)10-3-2-4-25-10/h2-4,7-8H,5-6H2,1H3,(H2,19,20,21). The van der Waals surface area contributed by atoms with Crippen molar-refractivity contribution in [3.05, 3.63) is 45.6 Å². The van der Waals surface area contributed by atoms with Gasteiger partial charge in [-0.2, -0.15) is 13.2 Å². The van der Waals surface area contributed by atoms with Crippen molar-refractivity contribution < 1.29 is 17.6 Å². The van der Waals surface area contributed by atoms with Crippen LogP contribution in [0.4, 0.5) is 13.2 Å². The molecular weight excluding hydrogens is 387 g/mol. The zero-order chi connectivity index (χ0) is 18.6. The highest BCUT2D eigenvalue weighted by Gasteiger charge is 2.33. The second-order valence-corrected chi connectivity index (χ2v) is 6.92. The van der Waals surface area contributed by atoms with E-state index in [-0.39, 0.29) is 6.54 Å². The highest BCUT2D eigenvalue weighted by atomic mass is 32.1. The van der Waals surface area contributed by atoms with Crippen LogP contribution in [-0.4, -0.2) is 23.0 Å². The molecule has 11 heteroatoms. The third-order valence-corrected chi connectivity index (χ3v) is 4.90. The maximum Gasteiger partial charge on any atom is 0.434 e. The van der Waals surface area contributed by atoms with E-state index in [0.717, 1.165) is 21.6 Å². The highest BCUT2D eigenvalue weighted by molar-refractivity contribution is 7.13. The number of hydrogen-bond donors (Lipinski definition) is 2. The van der Waals surface area contributed by atoms with E-state index in [2.05, 4.69) is 25.6 Å². The predicted octanol–water partition coefficient (Wildman–Crippen LogP) is 3.74. The minimum absolute atomic E-state index is 0.139. The number of halogens is 3. The Labute approximate surface area is 154 Å². The molecule has 0 unspecified atom stereocenters. The van der Waals surface area contributed by atoms with E-state index in [9.17, 15) is 13.2 Å². The molecule has 3 aromatic heterocycles. The van der Waals surface area contributed by atoms with E-state index in [0.29, 0.717) is 29.1 Å². The summed E-state index contributed by atoms with van der Waals surface area (Å²) >= 11 is 2.47. The van der Waals surface area contributed by atoms with Crippen molar-refractivity contribution >= 4 is 28.6 Å². The number of aromatic nitrogens is 2. The molecule has 3 aromatic rings. The van der Waals surface area contributed by atoms with Gasteiger partial charge in [0.15, 0.2) is 11.7 Å². The Morgan fingerprint density at radius 2 is 2.04 bits per heavy atom. The smallest absolute Gasteiger partial charge is 0.434 e. The van der Waals surface area contributed by atoms with E-state index in [4.69, 9.17) is 4.42 Å². The van der Waals surface area contributed by atoms with Crippen LogP contribution < -0.4 is 10.6 Å². The Morgan fingerprint density at radius 1 is 1.23 bits per heavy atom. The lowest BCUT2D eigenvalue weighted by Crippen LogP contribution is -2.36. The maximum atomic E-state index is 12.6. The topological polar surface area (TPSA) is 75.3 Å². The number of nitrogens with one attached hydrogen (secondary N) is 2. The molecule has 0 aliphatic carbocycles. The average Bonchev–Trinajstić information content (AvgIpc) is 3.35. The summed E-state index contributed by atoms with van der Waals surface area (Å²) in [5.74, 6) is 0.969. The molecule has 0 atom stereocenters. The van der Waals surface area contributed by atoms with E-state index in [1.165, 1.54) is 11.3 Å². The van der Waals surface area contributed by atoms with Gasteiger partial charge in [0.25, 0.3) is 0 Å².